The molecule has 0 amide bonds. The van der Waals surface area contributed by atoms with Crippen LogP contribution in [-0.4, -0.2) is 47.3 Å². The van der Waals surface area contributed by atoms with Crippen LogP contribution in [0.1, 0.15) is 22.3 Å². The van der Waals surface area contributed by atoms with Crippen molar-refractivity contribution in [2.75, 3.05) is 0 Å². The lowest BCUT2D eigenvalue weighted by molar-refractivity contribution is 0.419. The van der Waals surface area contributed by atoms with Gasteiger partial charge in [0.25, 0.3) is 0 Å². The summed E-state index contributed by atoms with van der Waals surface area (Å²) in [5.74, 6) is 2.40. The van der Waals surface area contributed by atoms with Gasteiger partial charge in [0.1, 0.15) is 0 Å². The Morgan fingerprint density at radius 3 is 1.16 bits per heavy atom. The van der Waals surface area contributed by atoms with Crippen molar-refractivity contribution in [3.05, 3.63) is 130 Å². The van der Waals surface area contributed by atoms with Crippen molar-refractivity contribution in [3.63, 3.8) is 0 Å². The number of benzene rings is 4. The molecule has 0 spiro atoms. The van der Waals surface area contributed by atoms with Crippen molar-refractivity contribution in [1.29, 1.82) is 0 Å². The molecule has 0 saturated carbocycles. The first-order chi connectivity index (χ1) is 21.1. The van der Waals surface area contributed by atoms with Gasteiger partial charge in [-0.25, -0.2) is 30.0 Å². The van der Waals surface area contributed by atoms with Crippen molar-refractivity contribution in [2.45, 2.75) is 0 Å². The third-order valence-electron chi connectivity index (χ3n) is 8.25. The number of rotatable bonds is 0. The van der Waals surface area contributed by atoms with Gasteiger partial charge in [0.05, 0.1) is 0 Å². The van der Waals surface area contributed by atoms with Gasteiger partial charge in [0.2, 0.25) is 0 Å². The van der Waals surface area contributed by atoms with Crippen molar-refractivity contribution >= 4 is 64.5 Å². The zero-order valence-corrected chi connectivity index (χ0v) is 23.5. The lowest BCUT2D eigenvalue weighted by atomic mass is 10.1. The minimum absolute atomic E-state index is 0. The third kappa shape index (κ3) is 3.08. The second-order valence-corrected chi connectivity index (χ2v) is 12.5. The highest BCUT2D eigenvalue weighted by atomic mass is 31.2. The molecular formula is C32H19N8O3P. The highest BCUT2D eigenvalue weighted by molar-refractivity contribution is 7.61. The second kappa shape index (κ2) is 8.56. The Balaban J connectivity index is 0.00000270. The predicted octanol–water partition coefficient (Wildman–Crippen LogP) is 4.42. The molecular weight excluding hydrogens is 575 g/mol. The minimum atomic E-state index is -4.39. The molecule has 0 aliphatic carbocycles. The van der Waals surface area contributed by atoms with E-state index in [1.165, 1.54) is 8.68 Å². The SMILES string of the molecule is O[P+]1(O)n2c3c4ccccc4c2N=C2N=C(N=c4c5ccccc5c(n41)=NC1=NC(=N3)c3ccccc31)c1ccccc12.[OH-]. The summed E-state index contributed by atoms with van der Waals surface area (Å²) in [5.41, 5.74) is 3.89. The van der Waals surface area contributed by atoms with E-state index in [-0.39, 0.29) is 5.48 Å². The Morgan fingerprint density at radius 1 is 0.409 bits per heavy atom. The highest BCUT2D eigenvalue weighted by Gasteiger charge is 2.49. The number of aliphatic imine (C=N–C) groups is 4. The molecule has 0 unspecified atom stereocenters. The molecule has 0 atom stereocenters. The lowest BCUT2D eigenvalue weighted by Crippen LogP contribution is -2.33. The summed E-state index contributed by atoms with van der Waals surface area (Å²) in [6.07, 6.45) is 0. The fourth-order valence-corrected chi connectivity index (χ4v) is 8.17. The maximum absolute atomic E-state index is 12.6. The zero-order valence-electron chi connectivity index (χ0n) is 22.6. The first-order valence-corrected chi connectivity index (χ1v) is 15.3. The molecule has 6 heterocycles. The standard InChI is InChI=1S/C32H18N8O2P.H2O/c41-43(42)39-29-21-13-5-6-14-22(21)31(39)37-27-19-11-3-4-12-20(19)28(34-27)38-32-24-16-8-7-15-23(24)30(40(32)43)36-26-18-10-2-1-9-17(18)25(33-26)35-29;/h1-16,41-42H;1H2/q+1;/p-1. The topological polar surface area (TPSA) is 154 Å². The maximum Gasteiger partial charge on any atom is 0.498 e. The highest BCUT2D eigenvalue weighted by Crippen LogP contribution is 2.60. The van der Waals surface area contributed by atoms with Gasteiger partial charge in [-0.1, -0.05) is 97.1 Å². The predicted molar refractivity (Wildman–Crippen MR) is 169 cm³/mol. The van der Waals surface area contributed by atoms with Crippen molar-refractivity contribution in [3.8, 4) is 0 Å². The van der Waals surface area contributed by atoms with Crippen LogP contribution in [0.3, 0.4) is 0 Å². The summed E-state index contributed by atoms with van der Waals surface area (Å²) in [4.78, 5) is 55.1. The van der Waals surface area contributed by atoms with E-state index in [1.807, 2.05) is 97.1 Å². The monoisotopic (exact) mass is 594 g/mol. The van der Waals surface area contributed by atoms with Crippen LogP contribution in [-0.2, 0) is 0 Å². The van der Waals surface area contributed by atoms with E-state index in [0.29, 0.717) is 67.5 Å². The van der Waals surface area contributed by atoms with Gasteiger partial charge in [-0.05, 0) is 0 Å². The van der Waals surface area contributed by atoms with Gasteiger partial charge in [0.15, 0.2) is 46.0 Å². The molecule has 0 fully saturated rings. The van der Waals surface area contributed by atoms with Gasteiger partial charge < -0.3 is 5.48 Å². The van der Waals surface area contributed by atoms with E-state index in [1.54, 1.807) is 0 Å². The van der Waals surface area contributed by atoms with Gasteiger partial charge in [-0.2, -0.15) is 9.79 Å². The van der Waals surface area contributed by atoms with Crippen LogP contribution in [0, 0.1) is 0 Å². The molecule has 3 N–H and O–H groups in total. The smallest absolute Gasteiger partial charge is 0.498 e. The average Bonchev–Trinajstić information content (AvgIpc) is 3.74. The summed E-state index contributed by atoms with van der Waals surface area (Å²) >= 11 is 0. The number of hydrogen-bond donors (Lipinski definition) is 2. The fraction of sp³-hybridized carbons (Fsp3) is 0. The van der Waals surface area contributed by atoms with Crippen molar-refractivity contribution in [1.82, 2.24) is 8.68 Å². The minimum Gasteiger partial charge on any atom is -0.870 e. The van der Waals surface area contributed by atoms with E-state index >= 15 is 0 Å². The molecule has 4 aliphatic heterocycles. The summed E-state index contributed by atoms with van der Waals surface area (Å²) in [7, 11) is -4.39. The molecule has 44 heavy (non-hydrogen) atoms. The molecule has 0 saturated heterocycles. The summed E-state index contributed by atoms with van der Waals surface area (Å²) < 4.78 is 2.88. The maximum atomic E-state index is 12.6. The van der Waals surface area contributed by atoms with Crippen LogP contribution in [0.2, 0.25) is 0 Å². The number of aromatic nitrogens is 2. The lowest BCUT2D eigenvalue weighted by Gasteiger charge is -2.17. The quantitative estimate of drug-likeness (QED) is 0.250. The van der Waals surface area contributed by atoms with Crippen LogP contribution in [0.5, 0.6) is 0 Å². The van der Waals surface area contributed by atoms with E-state index < -0.39 is 8.02 Å². The summed E-state index contributed by atoms with van der Waals surface area (Å²) in [6, 6.07) is 30.8. The average molecular weight is 595 g/mol. The number of amidine groups is 4. The van der Waals surface area contributed by atoms with Gasteiger partial charge in [-0.15, -0.1) is 8.68 Å². The fourth-order valence-electron chi connectivity index (χ4n) is 6.36. The molecule has 6 aromatic rings. The van der Waals surface area contributed by atoms with Crippen molar-refractivity contribution in [2.24, 2.45) is 30.0 Å². The number of nitrogens with zero attached hydrogens (tertiary/aromatic N) is 8. The Kier molecular flexibility index (Phi) is 4.88. The Bertz CT molecular complexity index is 2390. The normalized spacial score (nSPS) is 16.4. The number of fused-ring (bicyclic) bond motifs is 14. The molecule has 210 valence electrons. The first kappa shape index (κ1) is 25.1. The molecule has 4 aliphatic rings. The van der Waals surface area contributed by atoms with Crippen LogP contribution in [0.25, 0.3) is 21.5 Å². The van der Waals surface area contributed by atoms with Crippen molar-refractivity contribution < 1.29 is 15.3 Å². The Labute approximate surface area is 248 Å². The molecule has 6 bridgehead atoms. The van der Waals surface area contributed by atoms with E-state index in [9.17, 15) is 9.79 Å². The largest absolute Gasteiger partial charge is 0.870 e. The third-order valence-corrected chi connectivity index (χ3v) is 10.1. The van der Waals surface area contributed by atoms with Crippen LogP contribution >= 0.6 is 8.02 Å². The molecule has 2 aromatic heterocycles. The zero-order chi connectivity index (χ0) is 28.4. The first-order valence-electron chi connectivity index (χ1n) is 13.7. The van der Waals surface area contributed by atoms with Crippen LogP contribution in [0.15, 0.2) is 127 Å². The Hall–Kier alpha value is -5.45. The molecule has 12 heteroatoms. The molecule has 0 radical (unpaired) electrons. The summed E-state index contributed by atoms with van der Waals surface area (Å²) in [6.45, 7) is 0. The second-order valence-electron chi connectivity index (χ2n) is 10.6. The molecule has 4 aromatic carbocycles. The van der Waals surface area contributed by atoms with E-state index in [2.05, 4.69) is 0 Å². The van der Waals surface area contributed by atoms with Crippen LogP contribution in [0.4, 0.5) is 11.6 Å². The Morgan fingerprint density at radius 2 is 0.750 bits per heavy atom. The van der Waals surface area contributed by atoms with E-state index in [4.69, 9.17) is 30.0 Å². The molecule has 10 rings (SSSR count). The van der Waals surface area contributed by atoms with Gasteiger partial charge in [-0.3, -0.25) is 0 Å². The van der Waals surface area contributed by atoms with Crippen LogP contribution < -0.4 is 11.0 Å². The number of hydrogen-bond acceptors (Lipinski definition) is 9. The van der Waals surface area contributed by atoms with E-state index in [0.717, 1.165) is 22.3 Å². The molecule has 11 nitrogen and oxygen atoms in total. The van der Waals surface area contributed by atoms with Gasteiger partial charge in [0, 0.05) is 43.8 Å². The van der Waals surface area contributed by atoms with Gasteiger partial charge >= 0.3 is 8.02 Å². The summed E-state index contributed by atoms with van der Waals surface area (Å²) in [5, 5.41) is 2.80.